The Balaban J connectivity index is 1.40. The summed E-state index contributed by atoms with van der Waals surface area (Å²) in [5.74, 6) is -0.150. The molecule has 0 spiro atoms. The van der Waals surface area contributed by atoms with Crippen LogP contribution >= 0.6 is 37.9 Å². The Bertz CT molecular complexity index is 1370. The number of thiol groups is 3. The van der Waals surface area contributed by atoms with Crippen LogP contribution in [0.5, 0.6) is 11.6 Å². The largest absolute Gasteiger partial charge is 0.507 e. The van der Waals surface area contributed by atoms with Crippen molar-refractivity contribution in [2.45, 2.75) is 87.1 Å². The molecule has 0 radical (unpaired) electrons. The van der Waals surface area contributed by atoms with Crippen LogP contribution in [-0.4, -0.2) is 47.1 Å². The maximum atomic E-state index is 15.6. The summed E-state index contributed by atoms with van der Waals surface area (Å²) in [5.41, 5.74) is 1.38. The number of halogens is 2. The van der Waals surface area contributed by atoms with Crippen LogP contribution in [0, 0.1) is 11.4 Å². The van der Waals surface area contributed by atoms with Gasteiger partial charge in [0.05, 0.1) is 17.8 Å². The molecule has 0 bridgehead atoms. The van der Waals surface area contributed by atoms with Crippen molar-refractivity contribution in [1.82, 2.24) is 20.2 Å². The van der Waals surface area contributed by atoms with Gasteiger partial charge in [-0.2, -0.15) is 9.37 Å². The van der Waals surface area contributed by atoms with E-state index in [2.05, 4.69) is 76.8 Å². The van der Waals surface area contributed by atoms with Crippen molar-refractivity contribution in [3.8, 4) is 34.1 Å². The smallest absolute Gasteiger partial charge is 0.242 e. The monoisotopic (exact) mass is 619 g/mol. The Labute approximate surface area is 255 Å². The van der Waals surface area contributed by atoms with Crippen molar-refractivity contribution < 1.29 is 18.6 Å². The lowest BCUT2D eigenvalue weighted by atomic mass is 9.73. The van der Waals surface area contributed by atoms with Crippen LogP contribution in [-0.2, 0) is 0 Å². The highest BCUT2D eigenvalue weighted by Gasteiger charge is 2.42. The molecule has 5 rings (SSSR count). The molecular weight excluding hydrogens is 585 g/mol. The van der Waals surface area contributed by atoms with E-state index in [9.17, 15) is 9.50 Å². The molecule has 0 unspecified atom stereocenters. The van der Waals surface area contributed by atoms with Gasteiger partial charge in [-0.1, -0.05) is 39.2 Å². The van der Waals surface area contributed by atoms with E-state index in [-0.39, 0.29) is 35.0 Å². The second kappa shape index (κ2) is 12.1. The highest BCUT2D eigenvalue weighted by molar-refractivity contribution is 8.16. The van der Waals surface area contributed by atoms with E-state index in [1.165, 1.54) is 18.2 Å². The topological polar surface area (TPSA) is 84.3 Å². The zero-order chi connectivity index (χ0) is 29.4. The first-order chi connectivity index (χ1) is 19.4. The zero-order valence-electron chi connectivity index (χ0n) is 23.0. The normalized spacial score (nSPS) is 23.5. The van der Waals surface area contributed by atoms with Gasteiger partial charge >= 0.3 is 0 Å². The summed E-state index contributed by atoms with van der Waals surface area (Å²) >= 11 is 12.1. The molecule has 3 atom stereocenters. The molecule has 3 aromatic rings. The van der Waals surface area contributed by atoms with Crippen LogP contribution in [0.2, 0.25) is 0 Å². The maximum Gasteiger partial charge on any atom is 0.242 e. The highest BCUT2D eigenvalue weighted by atomic mass is 32.2. The fourth-order valence-corrected chi connectivity index (χ4v) is 5.92. The molecule has 1 N–H and O–H groups in total. The van der Waals surface area contributed by atoms with Crippen LogP contribution < -0.4 is 9.64 Å². The summed E-state index contributed by atoms with van der Waals surface area (Å²) < 4.78 is 33.7. The number of ether oxygens (including phenoxy) is 1. The quantitative estimate of drug-likeness (QED) is 0.120. The molecule has 12 heteroatoms. The number of phenols is 1. The summed E-state index contributed by atoms with van der Waals surface area (Å²) in [6.45, 7) is 4.46. The number of aromatic hydroxyl groups is 1. The van der Waals surface area contributed by atoms with Crippen LogP contribution in [0.4, 0.5) is 14.6 Å². The number of rotatable bonds is 8. The van der Waals surface area contributed by atoms with Crippen LogP contribution in [0.25, 0.3) is 22.5 Å². The molecule has 0 aliphatic heterocycles. The summed E-state index contributed by atoms with van der Waals surface area (Å²) in [5, 5.41) is 19.6. The van der Waals surface area contributed by atoms with Gasteiger partial charge in [0.15, 0.2) is 11.6 Å². The average Bonchev–Trinajstić information content (AvgIpc) is 3.74. The Hall–Kier alpha value is -2.31. The summed E-state index contributed by atoms with van der Waals surface area (Å²) in [6.07, 6.45) is 8.08. The predicted octanol–water partition coefficient (Wildman–Crippen LogP) is 7.28. The van der Waals surface area contributed by atoms with Crippen molar-refractivity contribution in [2.75, 3.05) is 4.90 Å². The van der Waals surface area contributed by atoms with E-state index >= 15 is 4.39 Å². The minimum absolute atomic E-state index is 0.0639. The first kappa shape index (κ1) is 30.2. The van der Waals surface area contributed by atoms with Gasteiger partial charge in [0.25, 0.3) is 0 Å². The van der Waals surface area contributed by atoms with Gasteiger partial charge < -0.3 is 14.7 Å². The molecule has 2 heterocycles. The van der Waals surface area contributed by atoms with Gasteiger partial charge in [0.2, 0.25) is 15.4 Å². The van der Waals surface area contributed by atoms with E-state index in [1.54, 1.807) is 18.3 Å². The standard InChI is InChI=1S/C29H35F2N5O2S3/c1-3-28(2)11-5-4-6-21(30)22(15-28)36(19-8-9-19)25-16-32-27(35-34-25)20-10-7-17(12-23(20)37)18-13-24(31)33-26(14-18)38-29(39,40)41/h7,10,12-14,16,19,21-22,37,39-41H,3-6,8-9,11,15H2,1-2H3/t21-,22+,28+/m0/s1. The van der Waals surface area contributed by atoms with Crippen LogP contribution in [0.1, 0.15) is 65.2 Å². The maximum absolute atomic E-state index is 15.6. The fraction of sp³-hybridized carbons (Fsp3) is 0.517. The average molecular weight is 620 g/mol. The van der Waals surface area contributed by atoms with Gasteiger partial charge in [0.1, 0.15) is 11.9 Å². The molecule has 0 saturated heterocycles. The van der Waals surface area contributed by atoms with E-state index in [0.717, 1.165) is 44.9 Å². The van der Waals surface area contributed by atoms with Gasteiger partial charge in [-0.3, -0.25) is 0 Å². The Morgan fingerprint density at radius 2 is 1.88 bits per heavy atom. The van der Waals surface area contributed by atoms with Crippen LogP contribution in [0.15, 0.2) is 36.5 Å². The zero-order valence-corrected chi connectivity index (χ0v) is 25.7. The van der Waals surface area contributed by atoms with E-state index in [1.807, 2.05) is 0 Å². The number of phenolic OH excluding ortho intramolecular Hbond substituents is 1. The Morgan fingerprint density at radius 3 is 2.51 bits per heavy atom. The number of hydrogen-bond donors (Lipinski definition) is 4. The molecule has 2 aromatic heterocycles. The molecule has 2 fully saturated rings. The second-order valence-electron chi connectivity index (χ2n) is 11.4. The second-order valence-corrected chi connectivity index (χ2v) is 14.3. The fourth-order valence-electron chi connectivity index (χ4n) is 5.64. The molecule has 2 aliphatic carbocycles. The van der Waals surface area contributed by atoms with Crippen molar-refractivity contribution in [1.29, 1.82) is 0 Å². The third kappa shape index (κ3) is 7.37. The van der Waals surface area contributed by atoms with Gasteiger partial charge in [-0.15, -0.1) is 48.1 Å². The Morgan fingerprint density at radius 1 is 1.10 bits per heavy atom. The van der Waals surface area contributed by atoms with Crippen molar-refractivity contribution in [3.63, 3.8) is 0 Å². The lowest BCUT2D eigenvalue weighted by molar-refractivity contribution is 0.143. The third-order valence-electron chi connectivity index (χ3n) is 8.18. The van der Waals surface area contributed by atoms with Gasteiger partial charge in [0, 0.05) is 18.2 Å². The number of alkyl halides is 1. The first-order valence-electron chi connectivity index (χ1n) is 13.9. The molecule has 220 valence electrons. The summed E-state index contributed by atoms with van der Waals surface area (Å²) in [4.78, 5) is 10.3. The molecular formula is C29H35F2N5O2S3. The van der Waals surface area contributed by atoms with Crippen molar-refractivity contribution >= 4 is 43.7 Å². The SMILES string of the molecule is CC[C@]1(C)CCCC[C@H](F)[C@H](N(c2cnc(-c3ccc(-c4cc(F)nc(OC(S)(S)S)c4)cc3O)nn2)C2CC2)C1. The number of nitrogens with zero attached hydrogens (tertiary/aromatic N) is 5. The number of pyridine rings is 1. The molecule has 41 heavy (non-hydrogen) atoms. The van der Waals surface area contributed by atoms with Gasteiger partial charge in [-0.25, -0.2) is 9.37 Å². The molecule has 2 aliphatic rings. The number of aromatic nitrogens is 4. The lowest BCUT2D eigenvalue weighted by Gasteiger charge is -2.42. The molecule has 7 nitrogen and oxygen atoms in total. The van der Waals surface area contributed by atoms with Crippen LogP contribution in [0.3, 0.4) is 0 Å². The van der Waals surface area contributed by atoms with Gasteiger partial charge in [-0.05, 0) is 60.8 Å². The lowest BCUT2D eigenvalue weighted by Crippen LogP contribution is -2.47. The van der Waals surface area contributed by atoms with E-state index in [0.29, 0.717) is 28.9 Å². The van der Waals surface area contributed by atoms with E-state index in [4.69, 9.17) is 4.74 Å². The highest BCUT2D eigenvalue weighted by Crippen LogP contribution is 2.43. The van der Waals surface area contributed by atoms with Crippen molar-refractivity contribution in [3.05, 3.63) is 42.5 Å². The van der Waals surface area contributed by atoms with E-state index < -0.39 is 15.7 Å². The van der Waals surface area contributed by atoms with Crippen molar-refractivity contribution in [2.24, 2.45) is 5.41 Å². The number of hydrogen-bond acceptors (Lipinski definition) is 10. The number of benzene rings is 1. The predicted molar refractivity (Wildman–Crippen MR) is 166 cm³/mol. The Kier molecular flexibility index (Phi) is 8.92. The minimum Gasteiger partial charge on any atom is -0.507 e. The summed E-state index contributed by atoms with van der Waals surface area (Å²) in [7, 11) is 0. The third-order valence-corrected chi connectivity index (χ3v) is 8.45. The summed E-state index contributed by atoms with van der Waals surface area (Å²) in [6, 6.07) is 7.49. The first-order valence-corrected chi connectivity index (χ1v) is 15.3. The molecule has 0 amide bonds. The molecule has 1 aromatic carbocycles. The molecule has 2 saturated carbocycles. The number of anilines is 1. The minimum atomic E-state index is -1.45.